The first-order chi connectivity index (χ1) is 24.3. The molecular weight excluding hydrogens is 593 g/mol. The minimum atomic E-state index is 0.911. The van der Waals surface area contributed by atoms with Gasteiger partial charge < -0.3 is 4.42 Å². The molecule has 12 aromatic rings. The molecule has 0 bridgehead atoms. The number of furan rings is 1. The van der Waals surface area contributed by atoms with E-state index < -0.39 is 0 Å². The van der Waals surface area contributed by atoms with Crippen LogP contribution < -0.4 is 0 Å². The maximum absolute atomic E-state index is 6.84. The molecular formula is C48H26O. The molecule has 0 atom stereocenters. The highest BCUT2D eigenvalue weighted by Gasteiger charge is 2.21. The number of rotatable bonds is 2. The number of benzene rings is 11. The molecule has 0 unspecified atom stereocenters. The van der Waals surface area contributed by atoms with E-state index in [1.165, 1.54) is 92.1 Å². The predicted molar refractivity (Wildman–Crippen MR) is 210 cm³/mol. The summed E-state index contributed by atoms with van der Waals surface area (Å²) in [4.78, 5) is 0. The van der Waals surface area contributed by atoms with E-state index in [0.717, 1.165) is 27.5 Å². The highest BCUT2D eigenvalue weighted by atomic mass is 16.3. The second-order valence-corrected chi connectivity index (χ2v) is 13.6. The monoisotopic (exact) mass is 618 g/mol. The summed E-state index contributed by atoms with van der Waals surface area (Å²) in [7, 11) is 0. The van der Waals surface area contributed by atoms with Gasteiger partial charge in [0.15, 0.2) is 0 Å². The summed E-state index contributed by atoms with van der Waals surface area (Å²) >= 11 is 0. The zero-order valence-electron chi connectivity index (χ0n) is 26.4. The minimum absolute atomic E-state index is 0.911. The molecule has 224 valence electrons. The molecule has 0 saturated heterocycles. The standard InChI is InChI=1S/C48H26O/c1-2-6-34-25-42-41(23-33(34)5-1)48-40(37-20-16-32-14-12-28-8-4-10-30-18-22-39(37)47(32)45(28)30)24-35(26-43(48)49-42)36-19-15-31-13-11-27-7-3-9-29-17-21-38(36)46(31)44(27)29/h1-26H. The average molecular weight is 619 g/mol. The third kappa shape index (κ3) is 3.39. The Morgan fingerprint density at radius 1 is 0.265 bits per heavy atom. The van der Waals surface area contributed by atoms with Crippen LogP contribution in [0.2, 0.25) is 0 Å². The van der Waals surface area contributed by atoms with Gasteiger partial charge >= 0.3 is 0 Å². The van der Waals surface area contributed by atoms with Crippen molar-refractivity contribution >= 4 is 97.3 Å². The summed E-state index contributed by atoms with van der Waals surface area (Å²) in [6, 6.07) is 58.5. The lowest BCUT2D eigenvalue weighted by molar-refractivity contribution is 0.669. The molecule has 0 amide bonds. The summed E-state index contributed by atoms with van der Waals surface area (Å²) < 4.78 is 6.84. The van der Waals surface area contributed by atoms with Crippen molar-refractivity contribution in [3.63, 3.8) is 0 Å². The van der Waals surface area contributed by atoms with Crippen molar-refractivity contribution in [2.24, 2.45) is 0 Å². The molecule has 0 aliphatic heterocycles. The van der Waals surface area contributed by atoms with Crippen molar-refractivity contribution < 1.29 is 4.42 Å². The molecule has 12 rings (SSSR count). The van der Waals surface area contributed by atoms with Gasteiger partial charge in [-0.05, 0) is 122 Å². The highest BCUT2D eigenvalue weighted by Crippen LogP contribution is 2.47. The van der Waals surface area contributed by atoms with Crippen LogP contribution in [-0.2, 0) is 0 Å². The van der Waals surface area contributed by atoms with Crippen LogP contribution in [-0.4, -0.2) is 0 Å². The fraction of sp³-hybridized carbons (Fsp3) is 0. The number of hydrogen-bond donors (Lipinski definition) is 0. The van der Waals surface area contributed by atoms with Crippen LogP contribution in [0.4, 0.5) is 0 Å². The van der Waals surface area contributed by atoms with Gasteiger partial charge in [-0.15, -0.1) is 0 Å². The van der Waals surface area contributed by atoms with E-state index in [4.69, 9.17) is 4.42 Å². The first kappa shape index (κ1) is 25.6. The molecule has 0 aliphatic carbocycles. The summed E-state index contributed by atoms with van der Waals surface area (Å²) in [5.74, 6) is 0. The van der Waals surface area contributed by atoms with Crippen LogP contribution >= 0.6 is 0 Å². The first-order valence-electron chi connectivity index (χ1n) is 17.0. The third-order valence-corrected chi connectivity index (χ3v) is 11.1. The quantitative estimate of drug-likeness (QED) is 0.176. The number of hydrogen-bond acceptors (Lipinski definition) is 1. The van der Waals surface area contributed by atoms with Gasteiger partial charge in [-0.3, -0.25) is 0 Å². The number of fused-ring (bicyclic) bond motifs is 4. The summed E-state index contributed by atoms with van der Waals surface area (Å²) in [6.07, 6.45) is 0. The minimum Gasteiger partial charge on any atom is -0.456 e. The summed E-state index contributed by atoms with van der Waals surface area (Å²) in [5.41, 5.74) is 6.64. The maximum atomic E-state index is 6.84. The Kier molecular flexibility index (Phi) is 4.77. The van der Waals surface area contributed by atoms with Crippen molar-refractivity contribution in [2.45, 2.75) is 0 Å². The Bertz CT molecular complexity index is 3290. The van der Waals surface area contributed by atoms with Crippen LogP contribution in [0.15, 0.2) is 162 Å². The first-order valence-corrected chi connectivity index (χ1v) is 17.0. The van der Waals surface area contributed by atoms with Gasteiger partial charge in [0.25, 0.3) is 0 Å². The Morgan fingerprint density at radius 2 is 0.755 bits per heavy atom. The van der Waals surface area contributed by atoms with Crippen molar-refractivity contribution in [3.8, 4) is 22.3 Å². The smallest absolute Gasteiger partial charge is 0.136 e. The topological polar surface area (TPSA) is 13.1 Å². The molecule has 0 aliphatic rings. The molecule has 1 heterocycles. The van der Waals surface area contributed by atoms with E-state index >= 15 is 0 Å². The van der Waals surface area contributed by atoms with E-state index in [0.29, 0.717) is 0 Å². The van der Waals surface area contributed by atoms with E-state index in [9.17, 15) is 0 Å². The SMILES string of the molecule is c1ccc2cc3c(cc2c1)oc1cc(-c2ccc4ccc5cccc6ccc2c4c56)cc(-c2ccc4ccc5cccc6ccc2c4c56)c13. The molecule has 0 saturated carbocycles. The fourth-order valence-corrected chi connectivity index (χ4v) is 8.92. The fourth-order valence-electron chi connectivity index (χ4n) is 8.92. The Labute approximate surface area is 280 Å². The zero-order chi connectivity index (χ0) is 31.8. The maximum Gasteiger partial charge on any atom is 0.136 e. The lowest BCUT2D eigenvalue weighted by atomic mass is 9.86. The summed E-state index contributed by atoms with van der Waals surface area (Å²) in [5, 5.41) is 20.2. The largest absolute Gasteiger partial charge is 0.456 e. The van der Waals surface area contributed by atoms with Crippen LogP contribution in [0.5, 0.6) is 0 Å². The third-order valence-electron chi connectivity index (χ3n) is 11.1. The van der Waals surface area contributed by atoms with Crippen LogP contribution in [0.3, 0.4) is 0 Å². The van der Waals surface area contributed by atoms with Crippen LogP contribution in [0.1, 0.15) is 0 Å². The second kappa shape index (κ2) is 9.13. The van der Waals surface area contributed by atoms with E-state index in [2.05, 4.69) is 158 Å². The molecule has 0 fully saturated rings. The molecule has 49 heavy (non-hydrogen) atoms. The van der Waals surface area contributed by atoms with Gasteiger partial charge in [-0.2, -0.15) is 0 Å². The molecule has 0 radical (unpaired) electrons. The van der Waals surface area contributed by atoms with Crippen molar-refractivity contribution in [1.29, 1.82) is 0 Å². The Balaban J connectivity index is 1.24. The van der Waals surface area contributed by atoms with Crippen molar-refractivity contribution in [1.82, 2.24) is 0 Å². The van der Waals surface area contributed by atoms with E-state index in [-0.39, 0.29) is 0 Å². The van der Waals surface area contributed by atoms with Gasteiger partial charge in [0, 0.05) is 10.8 Å². The lowest BCUT2D eigenvalue weighted by Gasteiger charge is -2.17. The van der Waals surface area contributed by atoms with Crippen molar-refractivity contribution in [3.05, 3.63) is 158 Å². The normalized spacial score (nSPS) is 12.5. The Hall–Kier alpha value is -6.44. The van der Waals surface area contributed by atoms with Crippen molar-refractivity contribution in [2.75, 3.05) is 0 Å². The molecule has 0 spiro atoms. The van der Waals surface area contributed by atoms with Crippen LogP contribution in [0.25, 0.3) is 120 Å². The van der Waals surface area contributed by atoms with Gasteiger partial charge in [-0.1, -0.05) is 133 Å². The predicted octanol–water partition coefficient (Wildman–Crippen LogP) is 13.9. The summed E-state index contributed by atoms with van der Waals surface area (Å²) in [6.45, 7) is 0. The van der Waals surface area contributed by atoms with Gasteiger partial charge in [-0.25, -0.2) is 0 Å². The van der Waals surface area contributed by atoms with Gasteiger partial charge in [0.2, 0.25) is 0 Å². The van der Waals surface area contributed by atoms with E-state index in [1.807, 2.05) is 0 Å². The zero-order valence-corrected chi connectivity index (χ0v) is 26.4. The lowest BCUT2D eigenvalue weighted by Crippen LogP contribution is -1.90. The van der Waals surface area contributed by atoms with E-state index in [1.54, 1.807) is 0 Å². The molecule has 1 nitrogen and oxygen atoms in total. The second-order valence-electron chi connectivity index (χ2n) is 13.6. The average Bonchev–Trinajstić information content (AvgIpc) is 3.51. The molecule has 1 aromatic heterocycles. The molecule has 0 N–H and O–H groups in total. The molecule has 11 aromatic carbocycles. The van der Waals surface area contributed by atoms with Crippen LogP contribution in [0, 0.1) is 0 Å². The highest BCUT2D eigenvalue weighted by molar-refractivity contribution is 6.29. The van der Waals surface area contributed by atoms with Gasteiger partial charge in [0.1, 0.15) is 11.2 Å². The Morgan fingerprint density at radius 3 is 1.39 bits per heavy atom. The van der Waals surface area contributed by atoms with Gasteiger partial charge in [0.05, 0.1) is 0 Å². The molecule has 1 heteroatoms.